The van der Waals surface area contributed by atoms with E-state index in [1.807, 2.05) is 36.0 Å². The van der Waals surface area contributed by atoms with Gasteiger partial charge in [-0.15, -0.1) is 0 Å². The summed E-state index contributed by atoms with van der Waals surface area (Å²) in [6.07, 6.45) is 4.26. The van der Waals surface area contributed by atoms with Crippen LogP contribution in [0.4, 0.5) is 0 Å². The van der Waals surface area contributed by atoms with Gasteiger partial charge in [0.05, 0.1) is 25.8 Å². The molecule has 0 fully saturated rings. The maximum Gasteiger partial charge on any atom is 0.229 e. The number of rotatable bonds is 6. The number of hydrogen-bond acceptors (Lipinski definition) is 6. The second-order valence-electron chi connectivity index (χ2n) is 5.12. The van der Waals surface area contributed by atoms with Crippen molar-refractivity contribution in [1.29, 1.82) is 0 Å². The smallest absolute Gasteiger partial charge is 0.229 e. The number of hydrogen-bond donors (Lipinski definition) is 0. The van der Waals surface area contributed by atoms with E-state index in [9.17, 15) is 0 Å². The van der Waals surface area contributed by atoms with E-state index in [0.717, 1.165) is 5.56 Å². The summed E-state index contributed by atoms with van der Waals surface area (Å²) >= 11 is 0. The first-order valence-electron chi connectivity index (χ1n) is 7.25. The molecule has 7 heteroatoms. The minimum atomic E-state index is 0.135. The van der Waals surface area contributed by atoms with Gasteiger partial charge in [0.2, 0.25) is 11.7 Å². The molecule has 0 saturated carbocycles. The predicted molar refractivity (Wildman–Crippen MR) is 83.5 cm³/mol. The molecule has 120 valence electrons. The van der Waals surface area contributed by atoms with E-state index in [4.69, 9.17) is 14.0 Å². The van der Waals surface area contributed by atoms with Gasteiger partial charge in [-0.1, -0.05) is 5.16 Å². The van der Waals surface area contributed by atoms with Crippen LogP contribution in [0.15, 0.2) is 41.2 Å². The monoisotopic (exact) mass is 314 g/mol. The number of nitrogens with zero attached hydrogens (tertiary/aromatic N) is 4. The van der Waals surface area contributed by atoms with Crippen molar-refractivity contribution in [3.8, 4) is 22.9 Å². The van der Waals surface area contributed by atoms with Crippen LogP contribution < -0.4 is 9.47 Å². The third-order valence-corrected chi connectivity index (χ3v) is 3.56. The zero-order valence-corrected chi connectivity index (χ0v) is 13.3. The van der Waals surface area contributed by atoms with Crippen molar-refractivity contribution >= 4 is 0 Å². The van der Waals surface area contributed by atoms with E-state index in [-0.39, 0.29) is 6.04 Å². The highest BCUT2D eigenvalue weighted by molar-refractivity contribution is 5.65. The Labute approximate surface area is 133 Å². The summed E-state index contributed by atoms with van der Waals surface area (Å²) in [5.41, 5.74) is 0.759. The molecule has 7 nitrogen and oxygen atoms in total. The van der Waals surface area contributed by atoms with Crippen LogP contribution in [0.1, 0.15) is 18.9 Å². The minimum absolute atomic E-state index is 0.135. The fraction of sp³-hybridized carbons (Fsp3) is 0.312. The van der Waals surface area contributed by atoms with Crippen LogP contribution in [0, 0.1) is 0 Å². The first-order chi connectivity index (χ1) is 11.2. The van der Waals surface area contributed by atoms with Gasteiger partial charge in [0.1, 0.15) is 11.5 Å². The zero-order chi connectivity index (χ0) is 16.2. The van der Waals surface area contributed by atoms with Gasteiger partial charge in [0.25, 0.3) is 0 Å². The van der Waals surface area contributed by atoms with Gasteiger partial charge in [0, 0.05) is 24.9 Å². The van der Waals surface area contributed by atoms with Gasteiger partial charge in [-0.05, 0) is 25.1 Å². The van der Waals surface area contributed by atoms with E-state index >= 15 is 0 Å². The minimum Gasteiger partial charge on any atom is -0.497 e. The summed E-state index contributed by atoms with van der Waals surface area (Å²) in [5, 5.41) is 8.27. The Balaban J connectivity index is 1.82. The van der Waals surface area contributed by atoms with E-state index in [1.54, 1.807) is 26.5 Å². The highest BCUT2D eigenvalue weighted by atomic mass is 16.5. The Morgan fingerprint density at radius 3 is 2.83 bits per heavy atom. The van der Waals surface area contributed by atoms with Crippen molar-refractivity contribution in [1.82, 2.24) is 19.9 Å². The average Bonchev–Trinajstić information content (AvgIpc) is 3.26. The first kappa shape index (κ1) is 15.1. The van der Waals surface area contributed by atoms with Crippen LogP contribution in [0.25, 0.3) is 11.4 Å². The molecule has 0 amide bonds. The van der Waals surface area contributed by atoms with E-state index in [2.05, 4.69) is 15.2 Å². The average molecular weight is 314 g/mol. The second kappa shape index (κ2) is 6.51. The fourth-order valence-corrected chi connectivity index (χ4v) is 2.32. The van der Waals surface area contributed by atoms with Crippen molar-refractivity contribution in [3.05, 3.63) is 42.5 Å². The van der Waals surface area contributed by atoms with Crippen LogP contribution in [-0.2, 0) is 6.42 Å². The van der Waals surface area contributed by atoms with Gasteiger partial charge in [-0.3, -0.25) is 4.68 Å². The first-order valence-corrected chi connectivity index (χ1v) is 7.25. The molecule has 3 rings (SSSR count). The third kappa shape index (κ3) is 3.18. The van der Waals surface area contributed by atoms with Gasteiger partial charge in [0.15, 0.2) is 0 Å². The Morgan fingerprint density at radius 2 is 2.13 bits per heavy atom. The molecule has 0 aliphatic heterocycles. The molecule has 1 atom stereocenters. The van der Waals surface area contributed by atoms with Gasteiger partial charge >= 0.3 is 0 Å². The summed E-state index contributed by atoms with van der Waals surface area (Å²) in [6.45, 7) is 2.05. The standard InChI is InChI=1S/C16H18N4O3/c1-11(20-8-4-7-17-20)9-15-18-16(19-23-15)13-6-5-12(21-2)10-14(13)22-3/h4-8,10-11H,9H2,1-3H3. The molecule has 2 aromatic heterocycles. The molecule has 1 aromatic carbocycles. The van der Waals surface area contributed by atoms with Crippen molar-refractivity contribution in [3.63, 3.8) is 0 Å². The lowest BCUT2D eigenvalue weighted by Gasteiger charge is -2.08. The molecule has 0 bridgehead atoms. The number of aromatic nitrogens is 4. The summed E-state index contributed by atoms with van der Waals surface area (Å²) in [7, 11) is 3.20. The summed E-state index contributed by atoms with van der Waals surface area (Å²) < 4.78 is 17.8. The normalized spacial score (nSPS) is 12.1. The fourth-order valence-electron chi connectivity index (χ4n) is 2.32. The van der Waals surface area contributed by atoms with E-state index in [1.165, 1.54) is 0 Å². The number of ether oxygens (including phenoxy) is 2. The van der Waals surface area contributed by atoms with Gasteiger partial charge < -0.3 is 14.0 Å². The molecule has 0 saturated heterocycles. The maximum atomic E-state index is 5.38. The molecule has 3 aromatic rings. The molecule has 1 unspecified atom stereocenters. The quantitative estimate of drug-likeness (QED) is 0.696. The number of benzene rings is 1. The Hall–Kier alpha value is -2.83. The van der Waals surface area contributed by atoms with Crippen LogP contribution >= 0.6 is 0 Å². The molecule has 0 spiro atoms. The highest BCUT2D eigenvalue weighted by Crippen LogP contribution is 2.31. The molecule has 0 radical (unpaired) electrons. The van der Waals surface area contributed by atoms with Crippen molar-refractivity contribution in [2.24, 2.45) is 0 Å². The molecule has 2 heterocycles. The SMILES string of the molecule is COc1ccc(-c2noc(CC(C)n3cccn3)n2)c(OC)c1. The lowest BCUT2D eigenvalue weighted by Crippen LogP contribution is -2.08. The van der Waals surface area contributed by atoms with Crippen molar-refractivity contribution < 1.29 is 14.0 Å². The second-order valence-corrected chi connectivity index (χ2v) is 5.12. The predicted octanol–water partition coefficient (Wildman–Crippen LogP) is 2.75. The number of methoxy groups -OCH3 is 2. The topological polar surface area (TPSA) is 75.2 Å². The van der Waals surface area contributed by atoms with Crippen molar-refractivity contribution in [2.75, 3.05) is 14.2 Å². The Morgan fingerprint density at radius 1 is 1.26 bits per heavy atom. The summed E-state index contributed by atoms with van der Waals surface area (Å²) in [4.78, 5) is 4.45. The Bertz CT molecular complexity index is 767. The van der Waals surface area contributed by atoms with E-state index in [0.29, 0.717) is 29.6 Å². The van der Waals surface area contributed by atoms with Crippen LogP contribution in [0.3, 0.4) is 0 Å². The van der Waals surface area contributed by atoms with Crippen LogP contribution in [0.5, 0.6) is 11.5 Å². The van der Waals surface area contributed by atoms with Gasteiger partial charge in [-0.25, -0.2) is 0 Å². The largest absolute Gasteiger partial charge is 0.497 e. The Kier molecular flexibility index (Phi) is 4.27. The van der Waals surface area contributed by atoms with Crippen LogP contribution in [0.2, 0.25) is 0 Å². The third-order valence-electron chi connectivity index (χ3n) is 3.56. The summed E-state index contributed by atoms with van der Waals surface area (Å²) in [6, 6.07) is 7.50. The molecule has 0 N–H and O–H groups in total. The highest BCUT2D eigenvalue weighted by Gasteiger charge is 2.16. The molecule has 0 aliphatic carbocycles. The van der Waals surface area contributed by atoms with Crippen LogP contribution in [-0.4, -0.2) is 34.1 Å². The van der Waals surface area contributed by atoms with Gasteiger partial charge in [-0.2, -0.15) is 10.1 Å². The van der Waals surface area contributed by atoms with Crippen molar-refractivity contribution in [2.45, 2.75) is 19.4 Å². The lowest BCUT2D eigenvalue weighted by atomic mass is 10.2. The molecular formula is C16H18N4O3. The lowest BCUT2D eigenvalue weighted by molar-refractivity contribution is 0.349. The maximum absolute atomic E-state index is 5.38. The summed E-state index contributed by atoms with van der Waals surface area (Å²) in [5.74, 6) is 2.39. The molecule has 0 aliphatic rings. The zero-order valence-electron chi connectivity index (χ0n) is 13.3. The molecular weight excluding hydrogens is 296 g/mol. The van der Waals surface area contributed by atoms with E-state index < -0.39 is 0 Å². The molecule has 23 heavy (non-hydrogen) atoms.